The van der Waals surface area contributed by atoms with Crippen molar-refractivity contribution in [1.29, 1.82) is 0 Å². The summed E-state index contributed by atoms with van der Waals surface area (Å²) in [7, 11) is 0. The van der Waals surface area contributed by atoms with Gasteiger partial charge in [-0.05, 0) is 44.9 Å². The second kappa shape index (κ2) is 53.8. The Balaban J connectivity index is 2.21. The van der Waals surface area contributed by atoms with Crippen LogP contribution in [0.2, 0.25) is 0 Å². The number of hydrogen-bond acceptors (Lipinski definition) is 8. The van der Waals surface area contributed by atoms with Gasteiger partial charge < -0.3 is 40.3 Å². The van der Waals surface area contributed by atoms with Crippen molar-refractivity contribution in [2.45, 2.75) is 352 Å². The zero-order chi connectivity index (χ0) is 52.9. The highest BCUT2D eigenvalue weighted by atomic mass is 16.7. The van der Waals surface area contributed by atoms with Gasteiger partial charge >= 0.3 is 0 Å². The van der Waals surface area contributed by atoms with Crippen LogP contribution in [0.25, 0.3) is 0 Å². The fourth-order valence-corrected chi connectivity index (χ4v) is 10.2. The smallest absolute Gasteiger partial charge is 0.220 e. The minimum Gasteiger partial charge on any atom is -0.394 e. The number of amides is 1. The lowest BCUT2D eigenvalue weighted by molar-refractivity contribution is -0.302. The summed E-state index contributed by atoms with van der Waals surface area (Å²) in [5.74, 6) is -0.185. The maximum absolute atomic E-state index is 13.1. The summed E-state index contributed by atoms with van der Waals surface area (Å²) in [5, 5.41) is 54.6. The number of unbranched alkanes of at least 4 members (excludes halogenated alkanes) is 41. The lowest BCUT2D eigenvalue weighted by Crippen LogP contribution is -2.60. The van der Waals surface area contributed by atoms with Gasteiger partial charge in [0.25, 0.3) is 0 Å². The number of ether oxygens (including phenoxy) is 2. The van der Waals surface area contributed by atoms with E-state index in [1.165, 1.54) is 244 Å². The third-order valence-corrected chi connectivity index (χ3v) is 15.2. The van der Waals surface area contributed by atoms with Crippen LogP contribution in [0.3, 0.4) is 0 Å². The predicted molar refractivity (Wildman–Crippen MR) is 309 cm³/mol. The number of hydrogen-bond donors (Lipinski definition) is 6. The van der Waals surface area contributed by atoms with Crippen LogP contribution in [0.1, 0.15) is 309 Å². The van der Waals surface area contributed by atoms with Gasteiger partial charge in [-0.25, -0.2) is 0 Å². The number of rotatable bonds is 55. The molecule has 1 aliphatic heterocycles. The summed E-state index contributed by atoms with van der Waals surface area (Å²) in [6.45, 7) is 3.80. The van der Waals surface area contributed by atoms with Gasteiger partial charge in [-0.15, -0.1) is 0 Å². The topological polar surface area (TPSA) is 149 Å². The van der Waals surface area contributed by atoms with Crippen LogP contribution in [0, 0.1) is 0 Å². The first-order chi connectivity index (χ1) is 35.8. The molecule has 9 nitrogen and oxygen atoms in total. The van der Waals surface area contributed by atoms with E-state index in [0.717, 1.165) is 44.9 Å². The van der Waals surface area contributed by atoms with Gasteiger partial charge in [0, 0.05) is 6.42 Å². The lowest BCUT2D eigenvalue weighted by atomic mass is 9.99. The third-order valence-electron chi connectivity index (χ3n) is 15.2. The number of aliphatic hydroxyl groups excluding tert-OH is 5. The van der Waals surface area contributed by atoms with Crippen molar-refractivity contribution in [2.75, 3.05) is 13.2 Å². The molecule has 430 valence electrons. The van der Waals surface area contributed by atoms with Crippen LogP contribution in [0.4, 0.5) is 0 Å². The van der Waals surface area contributed by atoms with Gasteiger partial charge in [0.1, 0.15) is 24.4 Å². The molecular weight excluding hydrogens is 911 g/mol. The minimum atomic E-state index is -1.57. The Labute approximate surface area is 451 Å². The van der Waals surface area contributed by atoms with Crippen LogP contribution >= 0.6 is 0 Å². The molecule has 1 saturated heterocycles. The fourth-order valence-electron chi connectivity index (χ4n) is 10.2. The first-order valence-electron chi connectivity index (χ1n) is 31.7. The van der Waals surface area contributed by atoms with E-state index >= 15 is 0 Å². The summed E-state index contributed by atoms with van der Waals surface area (Å²) < 4.78 is 11.3. The largest absolute Gasteiger partial charge is 0.394 e. The molecule has 0 aromatic heterocycles. The number of allylic oxidation sites excluding steroid dienone is 5. The van der Waals surface area contributed by atoms with E-state index in [1.807, 2.05) is 6.08 Å². The Morgan fingerprint density at radius 2 is 0.781 bits per heavy atom. The van der Waals surface area contributed by atoms with E-state index in [9.17, 15) is 30.3 Å². The molecule has 0 aliphatic carbocycles. The monoisotopic (exact) mass is 1030 g/mol. The summed E-state index contributed by atoms with van der Waals surface area (Å²) in [4.78, 5) is 13.1. The second-order valence-electron chi connectivity index (χ2n) is 22.2. The molecule has 0 aromatic rings. The van der Waals surface area contributed by atoms with Crippen molar-refractivity contribution >= 4 is 5.91 Å². The third kappa shape index (κ3) is 43.1. The Morgan fingerprint density at radius 1 is 0.452 bits per heavy atom. The van der Waals surface area contributed by atoms with E-state index in [0.29, 0.717) is 6.42 Å². The summed E-state index contributed by atoms with van der Waals surface area (Å²) in [6, 6.07) is -0.827. The van der Waals surface area contributed by atoms with Gasteiger partial charge in [0.15, 0.2) is 6.29 Å². The summed E-state index contributed by atoms with van der Waals surface area (Å²) >= 11 is 0. The number of nitrogens with one attached hydrogen (secondary N) is 1. The van der Waals surface area contributed by atoms with Crippen molar-refractivity contribution in [3.05, 3.63) is 36.5 Å². The molecule has 0 bridgehead atoms. The average molecular weight is 1030 g/mol. The first kappa shape index (κ1) is 69.4. The number of carbonyl (C=O) groups excluding carboxylic acids is 1. The molecular formula is C64H121NO8. The Kier molecular flexibility index (Phi) is 51.2. The molecule has 73 heavy (non-hydrogen) atoms. The Bertz CT molecular complexity index is 1240. The van der Waals surface area contributed by atoms with Crippen LogP contribution in [0.5, 0.6) is 0 Å². The zero-order valence-electron chi connectivity index (χ0n) is 47.9. The van der Waals surface area contributed by atoms with E-state index in [4.69, 9.17) is 9.47 Å². The van der Waals surface area contributed by atoms with Crippen LogP contribution in [-0.4, -0.2) is 87.5 Å². The Hall–Kier alpha value is -1.59. The number of carbonyl (C=O) groups is 1. The quantitative estimate of drug-likeness (QED) is 0.0261. The van der Waals surface area contributed by atoms with Crippen molar-refractivity contribution in [2.24, 2.45) is 0 Å². The van der Waals surface area contributed by atoms with Gasteiger partial charge in [0.05, 0.1) is 25.4 Å². The predicted octanol–water partition coefficient (Wildman–Crippen LogP) is 16.3. The SMILES string of the molecule is CCCCCCCCCCCCCCCCC/C=C/CC/C=C/CC/C=C/C(O)C(COC1OC(CO)C(O)C(O)C1O)NC(=O)CCCCCCCCCCCCCCCCCCCCCCCCCCC. The molecule has 0 spiro atoms. The molecule has 7 unspecified atom stereocenters. The van der Waals surface area contributed by atoms with Crippen molar-refractivity contribution < 1.29 is 39.8 Å². The van der Waals surface area contributed by atoms with Gasteiger partial charge in [-0.3, -0.25) is 4.79 Å². The van der Waals surface area contributed by atoms with Gasteiger partial charge in [0.2, 0.25) is 5.91 Å². The van der Waals surface area contributed by atoms with Gasteiger partial charge in [-0.2, -0.15) is 0 Å². The molecule has 1 fully saturated rings. The molecule has 0 radical (unpaired) electrons. The summed E-state index contributed by atoms with van der Waals surface area (Å²) in [5.41, 5.74) is 0. The van der Waals surface area contributed by atoms with E-state index in [1.54, 1.807) is 6.08 Å². The highest BCUT2D eigenvalue weighted by Gasteiger charge is 2.44. The molecule has 1 aliphatic rings. The highest BCUT2D eigenvalue weighted by molar-refractivity contribution is 5.76. The molecule has 1 heterocycles. The molecule has 1 rings (SSSR count). The molecule has 0 aromatic carbocycles. The number of aliphatic hydroxyl groups is 5. The summed E-state index contributed by atoms with van der Waals surface area (Å²) in [6.07, 6.45) is 63.8. The van der Waals surface area contributed by atoms with Crippen LogP contribution < -0.4 is 5.32 Å². The minimum absolute atomic E-state index is 0.185. The molecule has 0 saturated carbocycles. The van der Waals surface area contributed by atoms with Crippen LogP contribution in [-0.2, 0) is 14.3 Å². The molecule has 1 amide bonds. The van der Waals surface area contributed by atoms with Crippen molar-refractivity contribution in [1.82, 2.24) is 5.32 Å². The molecule has 9 heteroatoms. The maximum atomic E-state index is 13.1. The maximum Gasteiger partial charge on any atom is 0.220 e. The highest BCUT2D eigenvalue weighted by Crippen LogP contribution is 2.23. The average Bonchev–Trinajstić information content (AvgIpc) is 3.39. The van der Waals surface area contributed by atoms with Crippen LogP contribution in [0.15, 0.2) is 36.5 Å². The van der Waals surface area contributed by atoms with E-state index in [2.05, 4.69) is 43.5 Å². The lowest BCUT2D eigenvalue weighted by Gasteiger charge is -2.40. The van der Waals surface area contributed by atoms with E-state index < -0.39 is 49.5 Å². The Morgan fingerprint density at radius 3 is 1.15 bits per heavy atom. The zero-order valence-corrected chi connectivity index (χ0v) is 47.9. The second-order valence-corrected chi connectivity index (χ2v) is 22.2. The normalized spacial score (nSPS) is 19.2. The molecule has 6 N–H and O–H groups in total. The van der Waals surface area contributed by atoms with Crippen molar-refractivity contribution in [3.8, 4) is 0 Å². The standard InChI is InChI=1S/C64H121NO8/c1-3-5-7-9-11-13-15-17-19-21-23-25-27-29-31-33-35-37-39-41-43-45-47-49-51-53-58(67)57(56-72-64-63(71)62(70)61(69)59(55-66)73-64)65-60(68)54-52-50-48-46-44-42-40-38-36-34-32-30-28-26-24-22-20-18-16-14-12-10-8-6-4-2/h35,37,43,45,51,53,57-59,61-64,66-67,69-71H,3-34,36,38-42,44,46-50,52,54-56H2,1-2H3,(H,65,68)/b37-35+,45-43+,53-51+. The van der Waals surface area contributed by atoms with Gasteiger partial charge in [-0.1, -0.05) is 294 Å². The van der Waals surface area contributed by atoms with Crippen molar-refractivity contribution in [3.63, 3.8) is 0 Å². The molecule has 7 atom stereocenters. The van der Waals surface area contributed by atoms with E-state index in [-0.39, 0.29) is 12.5 Å². The fraction of sp³-hybridized carbons (Fsp3) is 0.891. The first-order valence-corrected chi connectivity index (χ1v) is 31.7.